The van der Waals surface area contributed by atoms with E-state index in [1.54, 1.807) is 0 Å². The second-order valence-corrected chi connectivity index (χ2v) is 4.03. The molecule has 0 N–H and O–H groups in total. The van der Waals surface area contributed by atoms with Gasteiger partial charge in [-0.2, -0.15) is 0 Å². The lowest BCUT2D eigenvalue weighted by Crippen LogP contribution is -2.29. The van der Waals surface area contributed by atoms with Crippen molar-refractivity contribution in [1.29, 1.82) is 0 Å². The molecule has 3 atom stereocenters. The fourth-order valence-corrected chi connectivity index (χ4v) is 2.01. The van der Waals surface area contributed by atoms with Crippen LogP contribution in [-0.2, 0) is 9.53 Å². The summed E-state index contributed by atoms with van der Waals surface area (Å²) >= 11 is 0. The smallest absolute Gasteiger partial charge is 0.308 e. The van der Waals surface area contributed by atoms with Crippen LogP contribution in [0.3, 0.4) is 0 Å². The topological polar surface area (TPSA) is 26.3 Å². The minimum atomic E-state index is -0.0194. The summed E-state index contributed by atoms with van der Waals surface area (Å²) in [6.07, 6.45) is 3.43. The van der Waals surface area contributed by atoms with E-state index in [9.17, 15) is 4.79 Å². The average Bonchev–Trinajstić information content (AvgIpc) is 2.08. The number of carbonyl (C=O) groups excluding carboxylic acids is 1. The van der Waals surface area contributed by atoms with Gasteiger partial charge in [0.1, 0.15) is 0 Å². The number of hydrogen-bond acceptors (Lipinski definition) is 2. The van der Waals surface area contributed by atoms with E-state index >= 15 is 0 Å². The van der Waals surface area contributed by atoms with Gasteiger partial charge in [-0.1, -0.05) is 20.3 Å². The van der Waals surface area contributed by atoms with E-state index in [4.69, 9.17) is 4.74 Å². The third-order valence-corrected chi connectivity index (χ3v) is 2.96. The summed E-state index contributed by atoms with van der Waals surface area (Å²) in [4.78, 5) is 11.3. The molecule has 0 aliphatic heterocycles. The summed E-state index contributed by atoms with van der Waals surface area (Å²) in [6, 6.07) is 0. The van der Waals surface area contributed by atoms with Crippen molar-refractivity contribution in [1.82, 2.24) is 0 Å². The Labute approximate surface area is 74.3 Å². The highest BCUT2D eigenvalue weighted by Gasteiger charge is 2.31. The average molecular weight is 170 g/mol. The van der Waals surface area contributed by atoms with Gasteiger partial charge in [-0.3, -0.25) is 4.79 Å². The molecule has 0 aromatic rings. The predicted octanol–water partition coefficient (Wildman–Crippen LogP) is 2.23. The quantitative estimate of drug-likeness (QED) is 0.564. The van der Waals surface area contributed by atoms with Gasteiger partial charge < -0.3 is 4.74 Å². The fourth-order valence-electron chi connectivity index (χ4n) is 2.01. The molecular formula is C10H18O2. The molecular weight excluding hydrogens is 152 g/mol. The van der Waals surface area contributed by atoms with Gasteiger partial charge >= 0.3 is 5.97 Å². The minimum Gasteiger partial charge on any atom is -0.469 e. The summed E-state index contributed by atoms with van der Waals surface area (Å²) in [5.41, 5.74) is 0. The summed E-state index contributed by atoms with van der Waals surface area (Å²) < 4.78 is 4.77. The predicted molar refractivity (Wildman–Crippen MR) is 47.7 cm³/mol. The highest BCUT2D eigenvalue weighted by atomic mass is 16.5. The molecule has 70 valence electrons. The Kier molecular flexibility index (Phi) is 3.12. The number of esters is 1. The molecule has 0 unspecified atom stereocenters. The van der Waals surface area contributed by atoms with Crippen molar-refractivity contribution in [3.8, 4) is 0 Å². The molecule has 2 heteroatoms. The van der Waals surface area contributed by atoms with Crippen molar-refractivity contribution in [3.63, 3.8) is 0 Å². The minimum absolute atomic E-state index is 0.0194. The van der Waals surface area contributed by atoms with Gasteiger partial charge in [0.2, 0.25) is 0 Å². The molecule has 0 bridgehead atoms. The zero-order chi connectivity index (χ0) is 9.14. The fraction of sp³-hybridized carbons (Fsp3) is 0.900. The zero-order valence-corrected chi connectivity index (χ0v) is 8.17. The number of hydrogen-bond donors (Lipinski definition) is 0. The first-order chi connectivity index (χ1) is 5.65. The Bertz CT molecular complexity index is 165. The van der Waals surface area contributed by atoms with Crippen molar-refractivity contribution < 1.29 is 9.53 Å². The second kappa shape index (κ2) is 3.92. The van der Waals surface area contributed by atoms with Gasteiger partial charge in [-0.15, -0.1) is 0 Å². The molecule has 12 heavy (non-hydrogen) atoms. The Hall–Kier alpha value is -0.530. The Balaban J connectivity index is 2.54. The number of ether oxygens (including phenoxy) is 1. The molecule has 1 saturated carbocycles. The van der Waals surface area contributed by atoms with Crippen molar-refractivity contribution in [3.05, 3.63) is 0 Å². The lowest BCUT2D eigenvalue weighted by atomic mass is 9.75. The Morgan fingerprint density at radius 2 is 2.00 bits per heavy atom. The standard InChI is InChI=1S/C10H18O2/c1-7-4-5-8(2)9(6-7)10(11)12-3/h7-9H,4-6H2,1-3H3/t7-,8-,9-/m1/s1. The molecule has 2 nitrogen and oxygen atoms in total. The van der Waals surface area contributed by atoms with Crippen molar-refractivity contribution in [2.75, 3.05) is 7.11 Å². The summed E-state index contributed by atoms with van der Waals surface area (Å²) in [5.74, 6) is 1.33. The highest BCUT2D eigenvalue weighted by Crippen LogP contribution is 2.33. The van der Waals surface area contributed by atoms with Gasteiger partial charge in [0.25, 0.3) is 0 Å². The van der Waals surface area contributed by atoms with E-state index in [1.165, 1.54) is 20.0 Å². The van der Waals surface area contributed by atoms with Gasteiger partial charge in [-0.25, -0.2) is 0 Å². The van der Waals surface area contributed by atoms with Crippen LogP contribution in [0.2, 0.25) is 0 Å². The Morgan fingerprint density at radius 1 is 1.33 bits per heavy atom. The maximum Gasteiger partial charge on any atom is 0.308 e. The van der Waals surface area contributed by atoms with Crippen LogP contribution in [0, 0.1) is 17.8 Å². The molecule has 0 heterocycles. The zero-order valence-electron chi connectivity index (χ0n) is 8.17. The van der Waals surface area contributed by atoms with Crippen LogP contribution in [0.15, 0.2) is 0 Å². The number of rotatable bonds is 1. The third-order valence-electron chi connectivity index (χ3n) is 2.96. The van der Waals surface area contributed by atoms with E-state index in [-0.39, 0.29) is 11.9 Å². The molecule has 1 rings (SSSR count). The van der Waals surface area contributed by atoms with Gasteiger partial charge in [-0.05, 0) is 24.7 Å². The van der Waals surface area contributed by atoms with E-state index in [2.05, 4.69) is 13.8 Å². The van der Waals surface area contributed by atoms with Crippen LogP contribution in [-0.4, -0.2) is 13.1 Å². The Morgan fingerprint density at radius 3 is 2.58 bits per heavy atom. The number of methoxy groups -OCH3 is 1. The van der Waals surface area contributed by atoms with Gasteiger partial charge in [0.15, 0.2) is 0 Å². The molecule has 0 amide bonds. The second-order valence-electron chi connectivity index (χ2n) is 4.03. The molecule has 0 saturated heterocycles. The van der Waals surface area contributed by atoms with Crippen LogP contribution >= 0.6 is 0 Å². The van der Waals surface area contributed by atoms with E-state index < -0.39 is 0 Å². The molecule has 0 spiro atoms. The van der Waals surface area contributed by atoms with Gasteiger partial charge in [0, 0.05) is 0 Å². The largest absolute Gasteiger partial charge is 0.469 e. The monoisotopic (exact) mass is 170 g/mol. The molecule has 1 aliphatic carbocycles. The van der Waals surface area contributed by atoms with Gasteiger partial charge in [0.05, 0.1) is 13.0 Å². The first-order valence-electron chi connectivity index (χ1n) is 4.73. The van der Waals surface area contributed by atoms with E-state index in [1.807, 2.05) is 0 Å². The van der Waals surface area contributed by atoms with Crippen LogP contribution in [0.1, 0.15) is 33.1 Å². The third kappa shape index (κ3) is 1.99. The lowest BCUT2D eigenvalue weighted by molar-refractivity contribution is -0.149. The first-order valence-corrected chi connectivity index (χ1v) is 4.73. The van der Waals surface area contributed by atoms with Crippen LogP contribution in [0.4, 0.5) is 0 Å². The summed E-state index contributed by atoms with van der Waals surface area (Å²) in [7, 11) is 1.48. The van der Waals surface area contributed by atoms with Crippen molar-refractivity contribution in [2.24, 2.45) is 17.8 Å². The van der Waals surface area contributed by atoms with E-state index in [0.717, 1.165) is 6.42 Å². The summed E-state index contributed by atoms with van der Waals surface area (Å²) in [5, 5.41) is 0. The molecule has 0 aromatic heterocycles. The van der Waals surface area contributed by atoms with Crippen molar-refractivity contribution in [2.45, 2.75) is 33.1 Å². The maximum absolute atomic E-state index is 11.3. The normalized spacial score (nSPS) is 36.1. The van der Waals surface area contributed by atoms with Crippen molar-refractivity contribution >= 4 is 5.97 Å². The lowest BCUT2D eigenvalue weighted by Gasteiger charge is -2.30. The SMILES string of the molecule is COC(=O)[C@@H]1C[C@H](C)CC[C@H]1C. The molecule has 1 aliphatic rings. The summed E-state index contributed by atoms with van der Waals surface area (Å²) in [6.45, 7) is 4.36. The highest BCUT2D eigenvalue weighted by molar-refractivity contribution is 5.72. The van der Waals surface area contributed by atoms with Crippen LogP contribution in [0.5, 0.6) is 0 Å². The van der Waals surface area contributed by atoms with Crippen LogP contribution in [0.25, 0.3) is 0 Å². The first kappa shape index (κ1) is 9.56. The maximum atomic E-state index is 11.3. The molecule has 1 fully saturated rings. The van der Waals surface area contributed by atoms with E-state index in [0.29, 0.717) is 11.8 Å². The van der Waals surface area contributed by atoms with Crippen LogP contribution < -0.4 is 0 Å². The molecule has 0 aromatic carbocycles. The molecule has 0 radical (unpaired) electrons. The number of carbonyl (C=O) groups is 1.